The third-order valence-corrected chi connectivity index (χ3v) is 4.89. The summed E-state index contributed by atoms with van der Waals surface area (Å²) in [5.74, 6) is -0.197. The Kier molecular flexibility index (Phi) is 4.32. The molecule has 0 amide bonds. The topological polar surface area (TPSA) is 72.4 Å². The van der Waals surface area contributed by atoms with Crippen molar-refractivity contribution in [3.8, 4) is 5.88 Å². The molecule has 118 valence electrons. The summed E-state index contributed by atoms with van der Waals surface area (Å²) in [6.45, 7) is 3.03. The molecule has 0 saturated carbocycles. The highest BCUT2D eigenvalue weighted by molar-refractivity contribution is 7.92. The van der Waals surface area contributed by atoms with Gasteiger partial charge in [0.2, 0.25) is 11.8 Å². The number of nitrogens with zero attached hydrogens (tertiary/aromatic N) is 3. The summed E-state index contributed by atoms with van der Waals surface area (Å²) in [5.41, 5.74) is 0.525. The molecule has 0 N–H and O–H groups in total. The second kappa shape index (κ2) is 5.88. The Balaban J connectivity index is 2.49. The molecule has 0 saturated heterocycles. The van der Waals surface area contributed by atoms with Gasteiger partial charge in [-0.2, -0.15) is 4.98 Å². The van der Waals surface area contributed by atoms with E-state index >= 15 is 0 Å². The normalized spacial score (nSPS) is 11.3. The molecule has 6 nitrogen and oxygen atoms in total. The average molecular weight is 325 g/mol. The first kappa shape index (κ1) is 16.2. The van der Waals surface area contributed by atoms with Crippen LogP contribution in [0.3, 0.4) is 0 Å². The predicted molar refractivity (Wildman–Crippen MR) is 80.0 cm³/mol. The highest BCUT2D eigenvalue weighted by atomic mass is 32.2. The van der Waals surface area contributed by atoms with Crippen molar-refractivity contribution in [1.82, 2.24) is 9.97 Å². The molecule has 0 atom stereocenters. The van der Waals surface area contributed by atoms with E-state index in [4.69, 9.17) is 4.74 Å². The van der Waals surface area contributed by atoms with E-state index in [1.807, 2.05) is 0 Å². The lowest BCUT2D eigenvalue weighted by molar-refractivity contribution is 0.397. The molecular weight excluding hydrogens is 309 g/mol. The highest BCUT2D eigenvalue weighted by Gasteiger charge is 2.25. The van der Waals surface area contributed by atoms with Crippen LogP contribution in [0.2, 0.25) is 0 Å². The standard InChI is InChI=1S/C14H16FN3O3S/c1-9-7-11(8-10(2)13(9)15)22(19,20)18(3)14-16-6-5-12(17-14)21-4/h5-8H,1-4H3. The van der Waals surface area contributed by atoms with Crippen LogP contribution in [-0.4, -0.2) is 32.5 Å². The molecule has 2 rings (SSSR count). The average Bonchev–Trinajstić information content (AvgIpc) is 2.51. The first-order valence-electron chi connectivity index (χ1n) is 6.40. The molecule has 0 aliphatic carbocycles. The number of rotatable bonds is 4. The Hall–Kier alpha value is -2.22. The number of anilines is 1. The monoisotopic (exact) mass is 325 g/mol. The van der Waals surface area contributed by atoms with Crippen molar-refractivity contribution in [1.29, 1.82) is 0 Å². The predicted octanol–water partition coefficient (Wildman–Crippen LogP) is 2.07. The zero-order valence-corrected chi connectivity index (χ0v) is 13.5. The van der Waals surface area contributed by atoms with Gasteiger partial charge in [0.15, 0.2) is 0 Å². The zero-order chi connectivity index (χ0) is 16.5. The maximum Gasteiger partial charge on any atom is 0.266 e. The van der Waals surface area contributed by atoms with Gasteiger partial charge in [0, 0.05) is 19.3 Å². The lowest BCUT2D eigenvalue weighted by atomic mass is 10.1. The summed E-state index contributed by atoms with van der Waals surface area (Å²) < 4.78 is 44.8. The Morgan fingerprint density at radius 1 is 1.23 bits per heavy atom. The van der Waals surface area contributed by atoms with Gasteiger partial charge in [-0.05, 0) is 37.1 Å². The molecule has 0 bridgehead atoms. The lowest BCUT2D eigenvalue weighted by Crippen LogP contribution is -2.28. The maximum absolute atomic E-state index is 13.7. The summed E-state index contributed by atoms with van der Waals surface area (Å²) in [4.78, 5) is 7.89. The van der Waals surface area contributed by atoms with Gasteiger partial charge in [0.1, 0.15) is 5.82 Å². The molecule has 1 aromatic carbocycles. The minimum Gasteiger partial charge on any atom is -0.481 e. The van der Waals surface area contributed by atoms with E-state index in [-0.39, 0.29) is 27.9 Å². The van der Waals surface area contributed by atoms with Crippen LogP contribution in [0.25, 0.3) is 0 Å². The van der Waals surface area contributed by atoms with Gasteiger partial charge in [0.05, 0.1) is 12.0 Å². The largest absolute Gasteiger partial charge is 0.481 e. The van der Waals surface area contributed by atoms with Crippen LogP contribution in [0.1, 0.15) is 11.1 Å². The van der Waals surface area contributed by atoms with E-state index in [0.717, 1.165) is 4.31 Å². The molecule has 0 spiro atoms. The third kappa shape index (κ3) is 2.87. The summed E-state index contributed by atoms with van der Waals surface area (Å²) in [6.07, 6.45) is 1.40. The maximum atomic E-state index is 13.7. The molecule has 0 aliphatic heterocycles. The number of benzene rings is 1. The number of aromatic nitrogens is 2. The van der Waals surface area contributed by atoms with Crippen molar-refractivity contribution in [2.24, 2.45) is 0 Å². The molecule has 1 heterocycles. The molecule has 8 heteroatoms. The van der Waals surface area contributed by atoms with Crippen molar-refractivity contribution in [3.05, 3.63) is 41.3 Å². The van der Waals surface area contributed by atoms with Gasteiger partial charge in [-0.25, -0.2) is 22.1 Å². The van der Waals surface area contributed by atoms with Crippen LogP contribution >= 0.6 is 0 Å². The number of ether oxygens (including phenoxy) is 1. The van der Waals surface area contributed by atoms with Crippen molar-refractivity contribution in [2.45, 2.75) is 18.7 Å². The van der Waals surface area contributed by atoms with Crippen molar-refractivity contribution in [2.75, 3.05) is 18.5 Å². The highest BCUT2D eigenvalue weighted by Crippen LogP contribution is 2.23. The van der Waals surface area contributed by atoms with Crippen LogP contribution in [0, 0.1) is 19.7 Å². The van der Waals surface area contributed by atoms with Gasteiger partial charge < -0.3 is 4.74 Å². The van der Waals surface area contributed by atoms with Crippen LogP contribution < -0.4 is 9.04 Å². The number of hydrogen-bond acceptors (Lipinski definition) is 5. The fraction of sp³-hybridized carbons (Fsp3) is 0.286. The van der Waals surface area contributed by atoms with Crippen molar-refractivity contribution in [3.63, 3.8) is 0 Å². The SMILES string of the molecule is COc1ccnc(N(C)S(=O)(=O)c2cc(C)c(F)c(C)c2)n1. The third-order valence-electron chi connectivity index (χ3n) is 3.18. The lowest BCUT2D eigenvalue weighted by Gasteiger charge is -2.18. The van der Waals surface area contributed by atoms with Crippen LogP contribution in [0.5, 0.6) is 5.88 Å². The first-order valence-corrected chi connectivity index (χ1v) is 7.84. The van der Waals surface area contributed by atoms with E-state index in [2.05, 4.69) is 9.97 Å². The molecular formula is C14H16FN3O3S. The summed E-state index contributed by atoms with van der Waals surface area (Å²) >= 11 is 0. The van der Waals surface area contributed by atoms with Gasteiger partial charge in [-0.3, -0.25) is 0 Å². The second-order valence-electron chi connectivity index (χ2n) is 4.74. The minimum absolute atomic E-state index is 0.0159. The summed E-state index contributed by atoms with van der Waals surface area (Å²) in [5, 5.41) is 0. The molecule has 1 aromatic heterocycles. The van der Waals surface area contributed by atoms with Crippen LogP contribution in [-0.2, 0) is 10.0 Å². The fourth-order valence-corrected chi connectivity index (χ4v) is 3.19. The van der Waals surface area contributed by atoms with Crippen LogP contribution in [0.4, 0.5) is 10.3 Å². The number of methoxy groups -OCH3 is 1. The number of aryl methyl sites for hydroxylation is 2. The fourth-order valence-electron chi connectivity index (χ4n) is 1.92. The van der Waals surface area contributed by atoms with E-state index in [1.54, 1.807) is 0 Å². The quantitative estimate of drug-likeness (QED) is 0.860. The smallest absolute Gasteiger partial charge is 0.266 e. The van der Waals surface area contributed by atoms with Gasteiger partial charge in [-0.15, -0.1) is 0 Å². The molecule has 2 aromatic rings. The first-order chi connectivity index (χ1) is 10.3. The molecule has 0 unspecified atom stereocenters. The second-order valence-corrected chi connectivity index (χ2v) is 6.71. The van der Waals surface area contributed by atoms with Gasteiger partial charge >= 0.3 is 0 Å². The molecule has 0 aliphatic rings. The summed E-state index contributed by atoms with van der Waals surface area (Å²) in [7, 11) is -1.14. The zero-order valence-electron chi connectivity index (χ0n) is 12.7. The van der Waals surface area contributed by atoms with Crippen molar-refractivity contribution < 1.29 is 17.5 Å². The van der Waals surface area contributed by atoms with Crippen LogP contribution in [0.15, 0.2) is 29.3 Å². The van der Waals surface area contributed by atoms with E-state index in [1.165, 1.54) is 52.4 Å². The van der Waals surface area contributed by atoms with Gasteiger partial charge in [-0.1, -0.05) is 0 Å². The summed E-state index contributed by atoms with van der Waals surface area (Å²) in [6, 6.07) is 4.08. The number of sulfonamides is 1. The Bertz CT molecular complexity index is 786. The minimum atomic E-state index is -3.89. The molecule has 22 heavy (non-hydrogen) atoms. The van der Waals surface area contributed by atoms with Gasteiger partial charge in [0.25, 0.3) is 10.0 Å². The van der Waals surface area contributed by atoms with E-state index in [0.29, 0.717) is 0 Å². The van der Waals surface area contributed by atoms with E-state index in [9.17, 15) is 12.8 Å². The molecule has 0 fully saturated rings. The molecule has 0 radical (unpaired) electrons. The Morgan fingerprint density at radius 2 is 1.82 bits per heavy atom. The van der Waals surface area contributed by atoms with E-state index < -0.39 is 15.8 Å². The Labute approximate surface area is 128 Å². The number of halogens is 1. The number of hydrogen-bond donors (Lipinski definition) is 0. The van der Waals surface area contributed by atoms with Crippen molar-refractivity contribution >= 4 is 16.0 Å². The Morgan fingerprint density at radius 3 is 2.36 bits per heavy atom.